The maximum atomic E-state index is 15.5. The first-order valence-corrected chi connectivity index (χ1v) is 13.7. The van der Waals surface area contributed by atoms with Gasteiger partial charge >= 0.3 is 16.3 Å². The maximum absolute atomic E-state index is 15.5. The number of nitrogens with zero attached hydrogens (tertiary/aromatic N) is 2. The summed E-state index contributed by atoms with van der Waals surface area (Å²) in [6.07, 6.45) is 1.73. The summed E-state index contributed by atoms with van der Waals surface area (Å²) in [6.45, 7) is 6.07. The third-order valence-corrected chi connectivity index (χ3v) is 7.47. The summed E-state index contributed by atoms with van der Waals surface area (Å²) in [6, 6.07) is 12.1. The Morgan fingerprint density at radius 2 is 1.89 bits per heavy atom. The number of anilines is 1. The Morgan fingerprint density at radius 1 is 1.16 bits per heavy atom. The van der Waals surface area contributed by atoms with Gasteiger partial charge in [0, 0.05) is 13.1 Å². The van der Waals surface area contributed by atoms with Crippen molar-refractivity contribution in [3.8, 4) is 5.75 Å². The minimum absolute atomic E-state index is 0.0266. The average Bonchev–Trinajstić information content (AvgIpc) is 3.08. The Labute approximate surface area is 216 Å². The molecule has 0 saturated carbocycles. The van der Waals surface area contributed by atoms with Gasteiger partial charge in [-0.1, -0.05) is 30.3 Å². The number of likely N-dealkylation sites (tertiary alicyclic amines) is 1. The van der Waals surface area contributed by atoms with Crippen LogP contribution in [-0.2, 0) is 32.8 Å². The standard InChI is InChI=1S/C26H32FN3O6S/c1-26(2,3)36-25(32)29-11-7-10-19(15-29)12-20-13-21(27)24(30-16-23(31)28-37(30,33)34)22(14-20)35-17-18-8-5-4-6-9-18/h4-6,8-9,13-14,19H,7,10-12,15-17H2,1-3H3,(H,28,31). The maximum Gasteiger partial charge on any atom is 0.410 e. The first-order chi connectivity index (χ1) is 17.4. The molecule has 0 aliphatic carbocycles. The van der Waals surface area contributed by atoms with Crippen LogP contribution >= 0.6 is 0 Å². The molecule has 0 aromatic heterocycles. The van der Waals surface area contributed by atoms with Gasteiger partial charge in [0.2, 0.25) is 0 Å². The highest BCUT2D eigenvalue weighted by molar-refractivity contribution is 7.92. The van der Waals surface area contributed by atoms with E-state index < -0.39 is 34.1 Å². The van der Waals surface area contributed by atoms with Crippen LogP contribution in [0.5, 0.6) is 5.75 Å². The molecular weight excluding hydrogens is 501 g/mol. The molecule has 4 rings (SSSR count). The van der Waals surface area contributed by atoms with E-state index in [2.05, 4.69) is 0 Å². The third-order valence-electron chi connectivity index (χ3n) is 6.09. The summed E-state index contributed by atoms with van der Waals surface area (Å²) in [5.41, 5.74) is 0.520. The molecular formula is C26H32FN3O6S. The lowest BCUT2D eigenvalue weighted by Gasteiger charge is -2.34. The number of rotatable bonds is 6. The fourth-order valence-electron chi connectivity index (χ4n) is 4.54. The lowest BCUT2D eigenvalue weighted by molar-refractivity contribution is -0.117. The highest BCUT2D eigenvalue weighted by Gasteiger charge is 2.38. The fourth-order valence-corrected chi connectivity index (χ4v) is 5.70. The summed E-state index contributed by atoms with van der Waals surface area (Å²) in [5.74, 6) is -1.46. The van der Waals surface area contributed by atoms with Crippen LogP contribution < -0.4 is 13.8 Å². The van der Waals surface area contributed by atoms with Crippen molar-refractivity contribution in [1.29, 1.82) is 0 Å². The number of carbonyl (C=O) groups is 2. The summed E-state index contributed by atoms with van der Waals surface area (Å²) in [5, 5.41) is 0. The van der Waals surface area contributed by atoms with Gasteiger partial charge in [-0.05, 0) is 69.2 Å². The van der Waals surface area contributed by atoms with E-state index >= 15 is 4.39 Å². The van der Waals surface area contributed by atoms with Crippen molar-refractivity contribution in [2.45, 2.75) is 52.2 Å². The van der Waals surface area contributed by atoms with Gasteiger partial charge in [0.25, 0.3) is 5.91 Å². The van der Waals surface area contributed by atoms with Gasteiger partial charge in [0.05, 0.1) is 0 Å². The number of hydrogen-bond donors (Lipinski definition) is 1. The molecule has 2 aromatic rings. The van der Waals surface area contributed by atoms with Crippen molar-refractivity contribution in [3.63, 3.8) is 0 Å². The van der Waals surface area contributed by atoms with Crippen molar-refractivity contribution in [3.05, 3.63) is 59.4 Å². The molecule has 0 bridgehead atoms. The second kappa shape index (κ2) is 10.6. The Morgan fingerprint density at radius 3 is 2.54 bits per heavy atom. The minimum atomic E-state index is -4.23. The molecule has 0 radical (unpaired) electrons. The van der Waals surface area contributed by atoms with Gasteiger partial charge in [0.15, 0.2) is 5.82 Å². The van der Waals surface area contributed by atoms with Crippen molar-refractivity contribution in [2.75, 3.05) is 23.9 Å². The van der Waals surface area contributed by atoms with Crippen LogP contribution in [0, 0.1) is 11.7 Å². The second-order valence-corrected chi connectivity index (χ2v) is 12.0. The molecule has 0 spiro atoms. The van der Waals surface area contributed by atoms with E-state index in [1.807, 2.05) is 55.8 Å². The van der Waals surface area contributed by atoms with Gasteiger partial charge in [-0.3, -0.25) is 4.79 Å². The number of nitrogens with one attached hydrogen (secondary N) is 1. The summed E-state index contributed by atoms with van der Waals surface area (Å²) in [4.78, 5) is 26.0. The molecule has 2 saturated heterocycles. The minimum Gasteiger partial charge on any atom is -0.487 e. The van der Waals surface area contributed by atoms with E-state index in [1.165, 1.54) is 6.07 Å². The lowest BCUT2D eigenvalue weighted by atomic mass is 9.91. The predicted octanol–water partition coefficient (Wildman–Crippen LogP) is 3.78. The molecule has 11 heteroatoms. The van der Waals surface area contributed by atoms with Crippen LogP contribution in [-0.4, -0.2) is 50.6 Å². The van der Waals surface area contributed by atoms with Gasteiger partial charge in [-0.2, -0.15) is 8.42 Å². The molecule has 9 nitrogen and oxygen atoms in total. The van der Waals surface area contributed by atoms with Crippen LogP contribution in [0.3, 0.4) is 0 Å². The smallest absolute Gasteiger partial charge is 0.410 e. The zero-order valence-corrected chi connectivity index (χ0v) is 22.0. The van der Waals surface area contributed by atoms with E-state index in [1.54, 1.807) is 11.0 Å². The number of halogens is 1. The van der Waals surface area contributed by atoms with Crippen molar-refractivity contribution in [1.82, 2.24) is 9.62 Å². The summed E-state index contributed by atoms with van der Waals surface area (Å²) >= 11 is 0. The fraction of sp³-hybridized carbons (Fsp3) is 0.462. The van der Waals surface area contributed by atoms with E-state index in [0.717, 1.165) is 18.4 Å². The molecule has 2 aliphatic rings. The number of piperidine rings is 1. The number of amides is 2. The van der Waals surface area contributed by atoms with E-state index in [0.29, 0.717) is 29.4 Å². The number of hydrogen-bond acceptors (Lipinski definition) is 6. The predicted molar refractivity (Wildman–Crippen MR) is 136 cm³/mol. The Bertz CT molecular complexity index is 1260. The van der Waals surface area contributed by atoms with Crippen LogP contribution in [0.1, 0.15) is 44.7 Å². The molecule has 1 N–H and O–H groups in total. The Balaban J connectivity index is 1.58. The highest BCUT2D eigenvalue weighted by atomic mass is 32.2. The molecule has 2 aromatic carbocycles. The molecule has 37 heavy (non-hydrogen) atoms. The highest BCUT2D eigenvalue weighted by Crippen LogP contribution is 2.37. The Hall–Kier alpha value is -3.34. The van der Waals surface area contributed by atoms with Crippen LogP contribution in [0.4, 0.5) is 14.9 Å². The molecule has 2 amide bonds. The van der Waals surface area contributed by atoms with Gasteiger partial charge in [-0.15, -0.1) is 0 Å². The normalized spacial score (nSPS) is 19.5. The van der Waals surface area contributed by atoms with Crippen LogP contribution in [0.25, 0.3) is 0 Å². The third kappa shape index (κ3) is 6.71. The zero-order chi connectivity index (χ0) is 26.8. The van der Waals surface area contributed by atoms with Crippen LogP contribution in [0.15, 0.2) is 42.5 Å². The summed E-state index contributed by atoms with van der Waals surface area (Å²) in [7, 11) is -4.23. The summed E-state index contributed by atoms with van der Waals surface area (Å²) < 4.78 is 54.4. The molecule has 1 atom stereocenters. The van der Waals surface area contributed by atoms with Crippen LogP contribution in [0.2, 0.25) is 0 Å². The molecule has 1 unspecified atom stereocenters. The monoisotopic (exact) mass is 533 g/mol. The van der Waals surface area contributed by atoms with Crippen molar-refractivity contribution >= 4 is 27.9 Å². The van der Waals surface area contributed by atoms with Gasteiger partial charge < -0.3 is 14.4 Å². The molecule has 200 valence electrons. The van der Waals surface area contributed by atoms with E-state index in [9.17, 15) is 18.0 Å². The molecule has 2 heterocycles. The van der Waals surface area contributed by atoms with E-state index in [4.69, 9.17) is 9.47 Å². The zero-order valence-electron chi connectivity index (χ0n) is 21.2. The number of carbonyl (C=O) groups excluding carboxylic acids is 2. The number of ether oxygens (including phenoxy) is 2. The lowest BCUT2D eigenvalue weighted by Crippen LogP contribution is -2.43. The van der Waals surface area contributed by atoms with Crippen molar-refractivity contribution in [2.24, 2.45) is 5.92 Å². The second-order valence-electron chi connectivity index (χ2n) is 10.4. The molecule has 2 fully saturated rings. The van der Waals surface area contributed by atoms with E-state index in [-0.39, 0.29) is 30.1 Å². The largest absolute Gasteiger partial charge is 0.487 e. The van der Waals surface area contributed by atoms with Crippen molar-refractivity contribution < 1.29 is 31.9 Å². The molecule has 2 aliphatic heterocycles. The quantitative estimate of drug-likeness (QED) is 0.606. The first kappa shape index (κ1) is 26.7. The topological polar surface area (TPSA) is 105 Å². The Kier molecular flexibility index (Phi) is 7.63. The number of benzene rings is 2. The van der Waals surface area contributed by atoms with Gasteiger partial charge in [-0.25, -0.2) is 18.2 Å². The SMILES string of the molecule is CC(C)(C)OC(=O)N1CCCC(Cc2cc(F)c(N3CC(=O)NS3(=O)=O)c(OCc3ccccc3)c2)C1. The first-order valence-electron chi connectivity index (χ1n) is 12.2. The average molecular weight is 534 g/mol. The van der Waals surface area contributed by atoms with Gasteiger partial charge in [0.1, 0.15) is 30.2 Å².